The molecule has 32 heavy (non-hydrogen) atoms. The zero-order chi connectivity index (χ0) is 23.4. The second kappa shape index (κ2) is 10.1. The molecule has 0 bridgehead atoms. The van der Waals surface area contributed by atoms with Gasteiger partial charge in [0, 0.05) is 0 Å². The van der Waals surface area contributed by atoms with Crippen LogP contribution in [0, 0.1) is 0 Å². The molecule has 0 saturated carbocycles. The van der Waals surface area contributed by atoms with Gasteiger partial charge in [0.25, 0.3) is 11.1 Å². The number of furan rings is 1. The van der Waals surface area contributed by atoms with Gasteiger partial charge in [-0.25, -0.2) is 4.79 Å². The minimum atomic E-state index is -0.642. The van der Waals surface area contributed by atoms with E-state index in [-0.39, 0.29) is 29.1 Å². The van der Waals surface area contributed by atoms with Crippen molar-refractivity contribution in [2.24, 2.45) is 0 Å². The van der Waals surface area contributed by atoms with E-state index in [0.717, 1.165) is 16.7 Å². The molecule has 170 valence electrons. The summed E-state index contributed by atoms with van der Waals surface area (Å²) in [6.45, 7) is 5.89. The monoisotopic (exact) mass is 479 g/mol. The lowest BCUT2D eigenvalue weighted by Crippen LogP contribution is -2.27. The zero-order valence-corrected chi connectivity index (χ0v) is 19.5. The molecule has 0 N–H and O–H groups in total. The average molecular weight is 480 g/mol. The summed E-state index contributed by atoms with van der Waals surface area (Å²) >= 11 is 7.19. The van der Waals surface area contributed by atoms with Crippen LogP contribution >= 0.6 is 23.4 Å². The number of thioether (sulfide) groups is 1. The maximum Gasteiger partial charge on any atom is 0.373 e. The van der Waals surface area contributed by atoms with Crippen LogP contribution in [0.2, 0.25) is 5.02 Å². The number of imide groups is 1. The highest BCUT2D eigenvalue weighted by molar-refractivity contribution is 8.18. The molecule has 1 aliphatic rings. The Morgan fingerprint density at radius 3 is 2.69 bits per heavy atom. The van der Waals surface area contributed by atoms with Crippen LogP contribution in [0.1, 0.15) is 42.6 Å². The number of methoxy groups -OCH3 is 1. The summed E-state index contributed by atoms with van der Waals surface area (Å²) in [5.41, 5.74) is 0.589. The Labute approximate surface area is 194 Å². The normalized spacial score (nSPS) is 15.1. The average Bonchev–Trinajstić information content (AvgIpc) is 3.30. The zero-order valence-electron chi connectivity index (χ0n) is 18.0. The molecule has 0 unspecified atom stereocenters. The van der Waals surface area contributed by atoms with Crippen LogP contribution in [0.5, 0.6) is 11.5 Å². The molecule has 2 heterocycles. The van der Waals surface area contributed by atoms with Gasteiger partial charge < -0.3 is 18.6 Å². The van der Waals surface area contributed by atoms with Gasteiger partial charge in [0.15, 0.2) is 11.5 Å². The Bertz CT molecular complexity index is 1080. The largest absolute Gasteiger partial charge is 0.490 e. The summed E-state index contributed by atoms with van der Waals surface area (Å²) < 4.78 is 21.3. The lowest BCUT2D eigenvalue weighted by molar-refractivity contribution is -0.123. The number of amides is 2. The Kier molecular flexibility index (Phi) is 7.52. The first kappa shape index (κ1) is 23.7. The third kappa shape index (κ3) is 5.28. The molecule has 8 nitrogen and oxygen atoms in total. The highest BCUT2D eigenvalue weighted by atomic mass is 35.5. The lowest BCUT2D eigenvalue weighted by Gasteiger charge is -2.16. The van der Waals surface area contributed by atoms with Crippen LogP contribution in [0.15, 0.2) is 33.6 Å². The Morgan fingerprint density at radius 1 is 1.28 bits per heavy atom. The Morgan fingerprint density at radius 2 is 2.03 bits per heavy atom. The van der Waals surface area contributed by atoms with E-state index in [2.05, 4.69) is 4.74 Å². The number of ether oxygens (including phenoxy) is 3. The van der Waals surface area contributed by atoms with E-state index in [1.807, 2.05) is 20.8 Å². The van der Waals surface area contributed by atoms with Gasteiger partial charge >= 0.3 is 5.97 Å². The predicted octanol–water partition coefficient (Wildman–Crippen LogP) is 5.14. The molecule has 0 aliphatic carbocycles. The molecular weight excluding hydrogens is 458 g/mol. The minimum absolute atomic E-state index is 0.00758. The third-order valence-electron chi connectivity index (χ3n) is 4.22. The Balaban J connectivity index is 1.83. The summed E-state index contributed by atoms with van der Waals surface area (Å²) in [6, 6.07) is 6.29. The third-order valence-corrected chi connectivity index (χ3v) is 5.41. The van der Waals surface area contributed by atoms with Crippen LogP contribution in [-0.2, 0) is 16.1 Å². The summed E-state index contributed by atoms with van der Waals surface area (Å²) in [7, 11) is 1.23. The van der Waals surface area contributed by atoms with E-state index in [1.165, 1.54) is 19.2 Å². The van der Waals surface area contributed by atoms with Crippen LogP contribution in [0.4, 0.5) is 4.79 Å². The van der Waals surface area contributed by atoms with E-state index in [4.69, 9.17) is 25.5 Å². The summed E-state index contributed by atoms with van der Waals surface area (Å²) in [5, 5.41) is -0.116. The first-order chi connectivity index (χ1) is 15.2. The van der Waals surface area contributed by atoms with E-state index < -0.39 is 17.1 Å². The molecule has 3 rings (SSSR count). The van der Waals surface area contributed by atoms with Gasteiger partial charge in [-0.2, -0.15) is 0 Å². The van der Waals surface area contributed by atoms with Crippen molar-refractivity contribution in [3.8, 4) is 11.5 Å². The van der Waals surface area contributed by atoms with E-state index in [0.29, 0.717) is 28.7 Å². The number of carbonyl (C=O) groups excluding carboxylic acids is 3. The van der Waals surface area contributed by atoms with Crippen LogP contribution in [0.3, 0.4) is 0 Å². The maximum atomic E-state index is 12.8. The number of benzene rings is 1. The number of hydrogen-bond acceptors (Lipinski definition) is 8. The number of nitrogens with zero attached hydrogens (tertiary/aromatic N) is 1. The number of hydrogen-bond donors (Lipinski definition) is 0. The molecule has 2 amide bonds. The van der Waals surface area contributed by atoms with Crippen molar-refractivity contribution >= 4 is 46.6 Å². The van der Waals surface area contributed by atoms with Gasteiger partial charge in [0.05, 0.1) is 36.3 Å². The van der Waals surface area contributed by atoms with Crippen molar-refractivity contribution in [2.75, 3.05) is 13.7 Å². The van der Waals surface area contributed by atoms with Crippen LogP contribution in [0.25, 0.3) is 6.08 Å². The fourth-order valence-electron chi connectivity index (χ4n) is 2.90. The van der Waals surface area contributed by atoms with E-state index >= 15 is 0 Å². The maximum absolute atomic E-state index is 12.8. The molecule has 0 spiro atoms. The first-order valence-electron chi connectivity index (χ1n) is 9.78. The molecule has 1 aliphatic heterocycles. The lowest BCUT2D eigenvalue weighted by atomic mass is 10.1. The molecule has 1 saturated heterocycles. The van der Waals surface area contributed by atoms with Crippen molar-refractivity contribution in [3.05, 3.63) is 51.3 Å². The Hall–Kier alpha value is -2.91. The molecule has 1 fully saturated rings. The number of esters is 1. The quantitative estimate of drug-likeness (QED) is 0.379. The SMILES string of the molecule is CCOc1cc(C=C2SC(=O)N(Cc3ccc(C(=O)OC)o3)C2=O)cc(Cl)c1OC(C)C. The van der Waals surface area contributed by atoms with Gasteiger partial charge in [-0.15, -0.1) is 0 Å². The second-order valence-electron chi connectivity index (χ2n) is 6.96. The van der Waals surface area contributed by atoms with Gasteiger partial charge in [-0.1, -0.05) is 11.6 Å². The number of carbonyl (C=O) groups is 3. The molecular formula is C22H22ClNO7S. The van der Waals surface area contributed by atoms with E-state index in [9.17, 15) is 14.4 Å². The molecule has 2 aromatic rings. The highest BCUT2D eigenvalue weighted by Gasteiger charge is 2.36. The van der Waals surface area contributed by atoms with Gasteiger partial charge in [0.1, 0.15) is 5.76 Å². The highest BCUT2D eigenvalue weighted by Crippen LogP contribution is 2.40. The molecule has 0 radical (unpaired) electrons. The summed E-state index contributed by atoms with van der Waals surface area (Å²) in [5.74, 6) is 0.0282. The van der Waals surface area contributed by atoms with Crippen molar-refractivity contribution in [2.45, 2.75) is 33.4 Å². The van der Waals surface area contributed by atoms with Gasteiger partial charge in [0.2, 0.25) is 5.76 Å². The molecule has 10 heteroatoms. The van der Waals surface area contributed by atoms with Crippen molar-refractivity contribution in [1.29, 1.82) is 0 Å². The number of rotatable bonds is 8. The molecule has 1 aromatic heterocycles. The fourth-order valence-corrected chi connectivity index (χ4v) is 4.00. The first-order valence-corrected chi connectivity index (χ1v) is 11.0. The standard InChI is InChI=1S/C22H22ClNO7S/c1-5-29-17-9-13(8-15(23)19(17)30-12(2)3)10-18-20(25)24(22(27)32-18)11-14-6-7-16(31-14)21(26)28-4/h6-10,12H,5,11H2,1-4H3. The second-order valence-corrected chi connectivity index (χ2v) is 8.36. The summed E-state index contributed by atoms with van der Waals surface area (Å²) in [4.78, 5) is 38.0. The van der Waals surface area contributed by atoms with Crippen LogP contribution < -0.4 is 9.47 Å². The van der Waals surface area contributed by atoms with E-state index in [1.54, 1.807) is 18.2 Å². The van der Waals surface area contributed by atoms with Crippen molar-refractivity contribution in [3.63, 3.8) is 0 Å². The number of halogens is 1. The summed E-state index contributed by atoms with van der Waals surface area (Å²) in [6.07, 6.45) is 1.47. The topological polar surface area (TPSA) is 95.3 Å². The minimum Gasteiger partial charge on any atom is -0.490 e. The smallest absolute Gasteiger partial charge is 0.373 e. The van der Waals surface area contributed by atoms with Gasteiger partial charge in [-0.3, -0.25) is 14.5 Å². The predicted molar refractivity (Wildman–Crippen MR) is 120 cm³/mol. The van der Waals surface area contributed by atoms with Crippen LogP contribution in [-0.4, -0.2) is 41.8 Å². The van der Waals surface area contributed by atoms with Gasteiger partial charge in [-0.05, 0) is 68.4 Å². The van der Waals surface area contributed by atoms with Crippen molar-refractivity contribution in [1.82, 2.24) is 4.90 Å². The molecule has 1 aromatic carbocycles. The molecule has 0 atom stereocenters. The fraction of sp³-hybridized carbons (Fsp3) is 0.318. The van der Waals surface area contributed by atoms with Crippen molar-refractivity contribution < 1.29 is 33.0 Å².